The smallest absolute Gasteiger partial charge is 0.358 e. The number of carbonyl (C=O) groups excluding carboxylic acids is 1. The van der Waals surface area contributed by atoms with Crippen molar-refractivity contribution < 1.29 is 9.72 Å². The normalized spacial score (nSPS) is 19.3. The minimum absolute atomic E-state index is 0.0747. The molecule has 0 saturated carbocycles. The largest absolute Gasteiger partial charge is 0.368 e. The number of piperidine rings is 1. The Morgan fingerprint density at radius 3 is 2.44 bits per heavy atom. The van der Waals surface area contributed by atoms with Crippen LogP contribution >= 0.6 is 0 Å². The van der Waals surface area contributed by atoms with E-state index in [1.54, 1.807) is 6.07 Å². The molecule has 0 aromatic carbocycles. The molecule has 0 spiro atoms. The minimum atomic E-state index is -0.483. The van der Waals surface area contributed by atoms with Gasteiger partial charge in [0.1, 0.15) is 6.20 Å². The summed E-state index contributed by atoms with van der Waals surface area (Å²) in [5.41, 5.74) is 0.455. The van der Waals surface area contributed by atoms with Gasteiger partial charge in [-0.1, -0.05) is 22.5 Å². The third kappa shape index (κ3) is 3.58. The Balaban J connectivity index is 1.43. The van der Waals surface area contributed by atoms with Crippen molar-refractivity contribution >= 4 is 23.2 Å². The molecule has 0 N–H and O–H groups in total. The lowest BCUT2D eigenvalue weighted by atomic mass is 9.95. The number of likely N-dealkylation sites (tertiary alicyclic amines) is 1. The third-order valence-electron chi connectivity index (χ3n) is 5.60. The predicted molar refractivity (Wildman–Crippen MR) is 99.6 cm³/mol. The van der Waals surface area contributed by atoms with E-state index in [2.05, 4.69) is 15.0 Å². The Morgan fingerprint density at radius 2 is 1.78 bits per heavy atom. The molecule has 4 heterocycles. The zero-order chi connectivity index (χ0) is 18.8. The van der Waals surface area contributed by atoms with Crippen LogP contribution in [0.15, 0.2) is 18.3 Å². The van der Waals surface area contributed by atoms with Gasteiger partial charge in [0.25, 0.3) is 0 Å². The van der Waals surface area contributed by atoms with Crippen LogP contribution in [-0.4, -0.2) is 56.5 Å². The first-order chi connectivity index (χ1) is 13.1. The summed E-state index contributed by atoms with van der Waals surface area (Å²) in [5, 5.41) is 15.5. The van der Waals surface area contributed by atoms with Gasteiger partial charge in [-0.2, -0.15) is 0 Å². The summed E-state index contributed by atoms with van der Waals surface area (Å²) >= 11 is 0. The van der Waals surface area contributed by atoms with Crippen LogP contribution < -0.4 is 4.90 Å². The molecule has 0 bridgehead atoms. The van der Waals surface area contributed by atoms with Gasteiger partial charge >= 0.3 is 5.82 Å². The van der Waals surface area contributed by atoms with E-state index in [1.807, 2.05) is 11.0 Å². The second-order valence-corrected chi connectivity index (χ2v) is 7.34. The number of amides is 1. The Kier molecular flexibility index (Phi) is 4.91. The van der Waals surface area contributed by atoms with E-state index in [4.69, 9.17) is 0 Å². The van der Waals surface area contributed by atoms with E-state index < -0.39 is 4.92 Å². The van der Waals surface area contributed by atoms with E-state index in [1.165, 1.54) is 23.6 Å². The SMILES string of the molecule is O=C(C1CCN(c2ccc3ncc([N+](=O)[O-])n3n2)CC1)N1CCCCCC1. The molecule has 1 amide bonds. The van der Waals surface area contributed by atoms with Gasteiger partial charge in [0.2, 0.25) is 11.6 Å². The van der Waals surface area contributed by atoms with Gasteiger partial charge in [-0.25, -0.2) is 4.98 Å². The monoisotopic (exact) mass is 372 g/mol. The number of rotatable bonds is 3. The Hall–Kier alpha value is -2.71. The average molecular weight is 372 g/mol. The fraction of sp³-hybridized carbons (Fsp3) is 0.611. The second-order valence-electron chi connectivity index (χ2n) is 7.34. The molecule has 0 atom stereocenters. The number of imidazole rings is 1. The highest BCUT2D eigenvalue weighted by atomic mass is 16.6. The van der Waals surface area contributed by atoms with Gasteiger partial charge in [0.05, 0.1) is 0 Å². The molecule has 2 saturated heterocycles. The van der Waals surface area contributed by atoms with Crippen LogP contribution in [-0.2, 0) is 4.79 Å². The Morgan fingerprint density at radius 1 is 1.07 bits per heavy atom. The summed E-state index contributed by atoms with van der Waals surface area (Å²) in [5.74, 6) is 0.915. The zero-order valence-electron chi connectivity index (χ0n) is 15.3. The molecule has 2 aromatic rings. The third-order valence-corrected chi connectivity index (χ3v) is 5.60. The van der Waals surface area contributed by atoms with Crippen molar-refractivity contribution in [3.05, 3.63) is 28.4 Å². The van der Waals surface area contributed by atoms with Crippen molar-refractivity contribution in [3.63, 3.8) is 0 Å². The molecule has 2 aliphatic rings. The van der Waals surface area contributed by atoms with Crippen molar-refractivity contribution in [2.45, 2.75) is 38.5 Å². The van der Waals surface area contributed by atoms with Crippen molar-refractivity contribution in [1.82, 2.24) is 19.5 Å². The summed E-state index contributed by atoms with van der Waals surface area (Å²) in [6.07, 6.45) is 7.46. The lowest BCUT2D eigenvalue weighted by Gasteiger charge is -2.34. The summed E-state index contributed by atoms with van der Waals surface area (Å²) in [4.78, 5) is 31.6. The molecule has 0 unspecified atom stereocenters. The second kappa shape index (κ2) is 7.50. The first kappa shape index (κ1) is 17.7. The molecule has 2 aliphatic heterocycles. The molecule has 2 fully saturated rings. The number of fused-ring (bicyclic) bond motifs is 1. The molecule has 144 valence electrons. The van der Waals surface area contributed by atoms with Crippen LogP contribution in [0.1, 0.15) is 38.5 Å². The summed E-state index contributed by atoms with van der Waals surface area (Å²) in [6, 6.07) is 3.58. The predicted octanol–water partition coefficient (Wildman–Crippen LogP) is 2.26. The van der Waals surface area contributed by atoms with E-state index in [9.17, 15) is 14.9 Å². The zero-order valence-corrected chi connectivity index (χ0v) is 15.3. The van der Waals surface area contributed by atoms with Gasteiger partial charge in [0.15, 0.2) is 5.82 Å². The minimum Gasteiger partial charge on any atom is -0.358 e. The maximum Gasteiger partial charge on any atom is 0.368 e. The van der Waals surface area contributed by atoms with Crippen LogP contribution in [0.3, 0.4) is 0 Å². The van der Waals surface area contributed by atoms with Gasteiger partial charge in [-0.05, 0) is 36.7 Å². The number of hydrogen-bond acceptors (Lipinski definition) is 6. The van der Waals surface area contributed by atoms with Crippen molar-refractivity contribution in [3.8, 4) is 0 Å². The highest BCUT2D eigenvalue weighted by Crippen LogP contribution is 2.25. The molecule has 4 rings (SSSR count). The van der Waals surface area contributed by atoms with Gasteiger partial charge < -0.3 is 19.9 Å². The van der Waals surface area contributed by atoms with Crippen molar-refractivity contribution in [1.29, 1.82) is 0 Å². The molecule has 0 radical (unpaired) electrons. The fourth-order valence-electron chi connectivity index (χ4n) is 4.05. The van der Waals surface area contributed by atoms with Crippen LogP contribution in [0.2, 0.25) is 0 Å². The number of aromatic nitrogens is 3. The number of nitrogens with zero attached hydrogens (tertiary/aromatic N) is 6. The number of carbonyl (C=O) groups is 1. The average Bonchev–Trinajstić information content (AvgIpc) is 2.93. The lowest BCUT2D eigenvalue weighted by molar-refractivity contribution is -0.391. The highest BCUT2D eigenvalue weighted by Gasteiger charge is 2.30. The van der Waals surface area contributed by atoms with Crippen LogP contribution in [0.5, 0.6) is 0 Å². The van der Waals surface area contributed by atoms with Gasteiger partial charge in [-0.15, -0.1) is 0 Å². The number of anilines is 1. The van der Waals surface area contributed by atoms with E-state index >= 15 is 0 Å². The van der Waals surface area contributed by atoms with Crippen molar-refractivity contribution in [2.75, 3.05) is 31.1 Å². The first-order valence-electron chi connectivity index (χ1n) is 9.66. The van der Waals surface area contributed by atoms with Crippen LogP contribution in [0.4, 0.5) is 11.6 Å². The summed E-state index contributed by atoms with van der Waals surface area (Å²) in [7, 11) is 0. The standard InChI is InChI=1S/C18H24N6O3/c25-18(22-9-3-1-2-4-10-22)14-7-11-21(12-8-14)16-6-5-15-19-13-17(24(26)27)23(15)20-16/h5-6,13-14H,1-4,7-12H2. The summed E-state index contributed by atoms with van der Waals surface area (Å²) in [6.45, 7) is 3.24. The maximum absolute atomic E-state index is 12.8. The van der Waals surface area contributed by atoms with Crippen LogP contribution in [0.25, 0.3) is 5.65 Å². The maximum atomic E-state index is 12.8. The quantitative estimate of drug-likeness (QED) is 0.606. The molecule has 2 aromatic heterocycles. The Bertz CT molecular complexity index is 835. The highest BCUT2D eigenvalue weighted by molar-refractivity contribution is 5.79. The molecule has 9 nitrogen and oxygen atoms in total. The fourth-order valence-corrected chi connectivity index (χ4v) is 4.05. The molecule has 0 aliphatic carbocycles. The first-order valence-corrected chi connectivity index (χ1v) is 9.66. The van der Waals surface area contributed by atoms with E-state index in [0.29, 0.717) is 17.4 Å². The molecular formula is C18H24N6O3. The topological polar surface area (TPSA) is 96.9 Å². The Labute approximate surface area is 157 Å². The number of hydrogen-bond donors (Lipinski definition) is 0. The molecule has 27 heavy (non-hydrogen) atoms. The van der Waals surface area contributed by atoms with E-state index in [-0.39, 0.29) is 11.7 Å². The lowest BCUT2D eigenvalue weighted by Crippen LogP contribution is -2.43. The summed E-state index contributed by atoms with van der Waals surface area (Å²) < 4.78 is 1.27. The van der Waals surface area contributed by atoms with Crippen molar-refractivity contribution in [2.24, 2.45) is 5.92 Å². The molecule has 9 heteroatoms. The van der Waals surface area contributed by atoms with Crippen LogP contribution in [0, 0.1) is 16.0 Å². The van der Waals surface area contributed by atoms with Gasteiger partial charge in [0, 0.05) is 38.2 Å². The van der Waals surface area contributed by atoms with E-state index in [0.717, 1.165) is 51.9 Å². The molecular weight excluding hydrogens is 348 g/mol. The number of nitro groups is 1. The van der Waals surface area contributed by atoms with Gasteiger partial charge in [-0.3, -0.25) is 4.79 Å².